The predicted molar refractivity (Wildman–Crippen MR) is 133 cm³/mol. The molecule has 2 aromatic carbocycles. The van der Waals surface area contributed by atoms with Crippen LogP contribution in [-0.4, -0.2) is 29.0 Å². The number of hydrogen-bond acceptors (Lipinski definition) is 4. The van der Waals surface area contributed by atoms with Crippen LogP contribution >= 0.6 is 0 Å². The summed E-state index contributed by atoms with van der Waals surface area (Å²) in [5, 5.41) is 4.69. The molecule has 0 unspecified atom stereocenters. The Kier molecular flexibility index (Phi) is 6.16. The number of sulfonamides is 1. The lowest BCUT2D eigenvalue weighted by Gasteiger charge is -2.29. The van der Waals surface area contributed by atoms with Crippen molar-refractivity contribution in [1.29, 1.82) is 0 Å². The van der Waals surface area contributed by atoms with Gasteiger partial charge in [-0.15, -0.1) is 0 Å². The van der Waals surface area contributed by atoms with Crippen LogP contribution in [0.3, 0.4) is 0 Å². The first-order valence-corrected chi connectivity index (χ1v) is 13.7. The molecule has 0 atom stereocenters. The average molecular weight is 478 g/mol. The second-order valence-electron chi connectivity index (χ2n) is 9.17. The van der Waals surface area contributed by atoms with Crippen LogP contribution in [0.2, 0.25) is 0 Å². The van der Waals surface area contributed by atoms with E-state index in [0.29, 0.717) is 37.4 Å². The fourth-order valence-corrected chi connectivity index (χ4v) is 7.02. The van der Waals surface area contributed by atoms with Gasteiger partial charge in [-0.25, -0.2) is 13.1 Å². The number of nitrogens with zero attached hydrogens (tertiary/aromatic N) is 3. The molecule has 0 saturated carbocycles. The summed E-state index contributed by atoms with van der Waals surface area (Å²) in [5.41, 5.74) is 6.43. The van der Waals surface area contributed by atoms with E-state index in [-0.39, 0.29) is 5.56 Å². The first kappa shape index (κ1) is 23.0. The molecule has 0 amide bonds. The molecule has 0 N–H and O–H groups in total. The van der Waals surface area contributed by atoms with E-state index < -0.39 is 10.0 Å². The summed E-state index contributed by atoms with van der Waals surface area (Å²) in [6.45, 7) is 5.25. The molecule has 3 aromatic rings. The van der Waals surface area contributed by atoms with Gasteiger partial charge in [0.2, 0.25) is 10.0 Å². The van der Waals surface area contributed by atoms with Gasteiger partial charge in [0.05, 0.1) is 10.6 Å². The zero-order chi connectivity index (χ0) is 23.9. The summed E-state index contributed by atoms with van der Waals surface area (Å²) in [7, 11) is -3.69. The highest BCUT2D eigenvalue weighted by Gasteiger charge is 2.31. The van der Waals surface area contributed by atoms with Crippen molar-refractivity contribution in [1.82, 2.24) is 14.1 Å². The van der Waals surface area contributed by atoms with E-state index in [1.54, 1.807) is 10.4 Å². The monoisotopic (exact) mass is 477 g/mol. The second-order valence-corrected chi connectivity index (χ2v) is 11.1. The van der Waals surface area contributed by atoms with E-state index in [1.165, 1.54) is 10.2 Å². The fraction of sp³-hybridized carbons (Fsp3) is 0.407. The quantitative estimate of drug-likeness (QED) is 0.554. The molecule has 1 aromatic heterocycles. The summed E-state index contributed by atoms with van der Waals surface area (Å²) in [4.78, 5) is 13.2. The summed E-state index contributed by atoms with van der Waals surface area (Å²) in [6.07, 6.45) is 4.92. The second kappa shape index (κ2) is 9.12. The molecule has 7 heteroatoms. The molecule has 6 nitrogen and oxygen atoms in total. The normalized spacial score (nSPS) is 16.2. The van der Waals surface area contributed by atoms with Crippen LogP contribution in [0.15, 0.2) is 52.2 Å². The van der Waals surface area contributed by atoms with Crippen molar-refractivity contribution in [2.24, 2.45) is 0 Å². The molecule has 0 saturated heterocycles. The smallest absolute Gasteiger partial charge is 0.267 e. The lowest BCUT2D eigenvalue weighted by molar-refractivity contribution is 0.391. The average Bonchev–Trinajstić information content (AvgIpc) is 2.88. The zero-order valence-corrected chi connectivity index (χ0v) is 20.7. The van der Waals surface area contributed by atoms with E-state index in [4.69, 9.17) is 5.10 Å². The van der Waals surface area contributed by atoms with Gasteiger partial charge in [0.15, 0.2) is 0 Å². The lowest BCUT2D eigenvalue weighted by atomic mass is 9.89. The molecule has 0 radical (unpaired) electrons. The van der Waals surface area contributed by atoms with Gasteiger partial charge >= 0.3 is 0 Å². The minimum Gasteiger partial charge on any atom is -0.267 e. The maximum atomic E-state index is 13.9. The van der Waals surface area contributed by atoms with Crippen LogP contribution in [0, 0.1) is 0 Å². The minimum absolute atomic E-state index is 0.00837. The van der Waals surface area contributed by atoms with Gasteiger partial charge in [-0.3, -0.25) is 4.79 Å². The zero-order valence-electron chi connectivity index (χ0n) is 19.9. The number of hydrogen-bond donors (Lipinski definition) is 0. The fourth-order valence-electron chi connectivity index (χ4n) is 5.28. The topological polar surface area (TPSA) is 72.3 Å². The van der Waals surface area contributed by atoms with Crippen LogP contribution in [0.5, 0.6) is 0 Å². The lowest BCUT2D eigenvalue weighted by Crippen LogP contribution is -2.36. The molecule has 0 bridgehead atoms. The Labute approximate surface area is 201 Å². The highest BCUT2D eigenvalue weighted by atomic mass is 32.2. The van der Waals surface area contributed by atoms with Gasteiger partial charge < -0.3 is 0 Å². The Bertz CT molecular complexity index is 1410. The summed E-state index contributed by atoms with van der Waals surface area (Å²) in [6, 6.07) is 13.7. The number of benzene rings is 2. The van der Waals surface area contributed by atoms with Gasteiger partial charge in [0.1, 0.15) is 0 Å². The maximum absolute atomic E-state index is 13.9. The first-order valence-electron chi connectivity index (χ1n) is 12.3. The molecular weight excluding hydrogens is 446 g/mol. The van der Waals surface area contributed by atoms with Crippen molar-refractivity contribution in [2.75, 3.05) is 6.54 Å². The van der Waals surface area contributed by atoms with Crippen molar-refractivity contribution < 1.29 is 8.42 Å². The Hall–Kier alpha value is -2.77. The Balaban J connectivity index is 1.62. The van der Waals surface area contributed by atoms with Crippen LogP contribution in [-0.2, 0) is 48.8 Å². The SMILES string of the molecule is CCc1ccc(-c2nn(CC)c(=O)c3c2CCCC3)cc1S(=O)(=O)N1CCc2ccccc2C1. The van der Waals surface area contributed by atoms with Gasteiger partial charge in [0.25, 0.3) is 5.56 Å². The third-order valence-electron chi connectivity index (χ3n) is 7.20. The summed E-state index contributed by atoms with van der Waals surface area (Å²) in [5.74, 6) is 0. The van der Waals surface area contributed by atoms with Crippen molar-refractivity contribution >= 4 is 10.0 Å². The molecule has 5 rings (SSSR count). The van der Waals surface area contributed by atoms with Crippen molar-refractivity contribution in [3.05, 3.63) is 80.6 Å². The van der Waals surface area contributed by atoms with Crippen LogP contribution in [0.1, 0.15) is 54.5 Å². The first-order chi connectivity index (χ1) is 16.4. The van der Waals surface area contributed by atoms with E-state index in [2.05, 4.69) is 6.07 Å². The van der Waals surface area contributed by atoms with Crippen molar-refractivity contribution in [3.63, 3.8) is 0 Å². The van der Waals surface area contributed by atoms with E-state index >= 15 is 0 Å². The number of fused-ring (bicyclic) bond motifs is 2. The number of aromatic nitrogens is 2. The molecule has 1 aliphatic carbocycles. The van der Waals surface area contributed by atoms with Crippen LogP contribution in [0.25, 0.3) is 11.3 Å². The maximum Gasteiger partial charge on any atom is 0.270 e. The van der Waals surface area contributed by atoms with Crippen molar-refractivity contribution in [3.8, 4) is 11.3 Å². The molecule has 1 aliphatic heterocycles. The van der Waals surface area contributed by atoms with E-state index in [0.717, 1.165) is 59.2 Å². The minimum atomic E-state index is -3.69. The molecule has 0 spiro atoms. The largest absolute Gasteiger partial charge is 0.270 e. The molecule has 2 heterocycles. The van der Waals surface area contributed by atoms with Crippen LogP contribution < -0.4 is 5.56 Å². The van der Waals surface area contributed by atoms with Gasteiger partial charge in [-0.05, 0) is 73.8 Å². The van der Waals surface area contributed by atoms with Crippen molar-refractivity contribution in [2.45, 2.75) is 70.4 Å². The highest BCUT2D eigenvalue weighted by Crippen LogP contribution is 2.33. The van der Waals surface area contributed by atoms with E-state index in [9.17, 15) is 13.2 Å². The molecule has 34 heavy (non-hydrogen) atoms. The standard InChI is InChI=1S/C27H31N3O3S/c1-3-19-13-14-21(26-23-11-7-8-12-24(23)27(31)30(4-2)28-26)17-25(19)34(32,33)29-16-15-20-9-5-6-10-22(20)18-29/h5-6,9-10,13-14,17H,3-4,7-8,11-12,15-16,18H2,1-2H3. The Morgan fingerprint density at radius 3 is 2.41 bits per heavy atom. The Morgan fingerprint density at radius 1 is 0.941 bits per heavy atom. The summed E-state index contributed by atoms with van der Waals surface area (Å²) < 4.78 is 30.9. The number of rotatable bonds is 5. The molecule has 2 aliphatic rings. The molecule has 178 valence electrons. The highest BCUT2D eigenvalue weighted by molar-refractivity contribution is 7.89. The van der Waals surface area contributed by atoms with E-state index in [1.807, 2.05) is 44.2 Å². The number of aryl methyl sites for hydroxylation is 2. The third-order valence-corrected chi connectivity index (χ3v) is 9.13. The molecule has 0 fully saturated rings. The summed E-state index contributed by atoms with van der Waals surface area (Å²) >= 11 is 0. The predicted octanol–water partition coefficient (Wildman–Crippen LogP) is 4.12. The Morgan fingerprint density at radius 2 is 1.68 bits per heavy atom. The van der Waals surface area contributed by atoms with Gasteiger partial charge in [-0.1, -0.05) is 43.3 Å². The third kappa shape index (κ3) is 3.91. The van der Waals surface area contributed by atoms with Gasteiger partial charge in [0, 0.05) is 30.8 Å². The van der Waals surface area contributed by atoms with Crippen LogP contribution in [0.4, 0.5) is 0 Å². The van der Waals surface area contributed by atoms with Gasteiger partial charge in [-0.2, -0.15) is 9.40 Å². The molecular formula is C27H31N3O3S.